The molecule has 0 spiro atoms. The van der Waals surface area contributed by atoms with E-state index < -0.39 is 11.6 Å². The highest BCUT2D eigenvalue weighted by molar-refractivity contribution is 6.29. The fraction of sp³-hybridized carbons (Fsp3) is 0.600. The predicted molar refractivity (Wildman–Crippen MR) is 120 cm³/mol. The lowest BCUT2D eigenvalue weighted by molar-refractivity contribution is -0.142. The van der Waals surface area contributed by atoms with E-state index in [2.05, 4.69) is 19.9 Å². The van der Waals surface area contributed by atoms with Gasteiger partial charge < -0.3 is 40.3 Å². The molecule has 2 saturated heterocycles. The first-order valence-electron chi connectivity index (χ1n) is 10.2. The van der Waals surface area contributed by atoms with Crippen molar-refractivity contribution in [1.82, 2.24) is 19.9 Å². The highest BCUT2D eigenvalue weighted by atomic mass is 35.5. The van der Waals surface area contributed by atoms with Gasteiger partial charge in [0.25, 0.3) is 0 Å². The average molecular weight is 487 g/mol. The largest absolute Gasteiger partial charge is 0.475 e. The molecule has 0 radical (unpaired) electrons. The van der Waals surface area contributed by atoms with Gasteiger partial charge in [-0.2, -0.15) is 0 Å². The van der Waals surface area contributed by atoms with Gasteiger partial charge in [0.15, 0.2) is 11.6 Å². The average Bonchev–Trinajstić information content (AvgIpc) is 3.27. The van der Waals surface area contributed by atoms with E-state index in [0.717, 1.165) is 0 Å². The maximum Gasteiger partial charge on any atom is 0.218 e. The van der Waals surface area contributed by atoms with Crippen LogP contribution in [0, 0.1) is 0 Å². The molecule has 0 amide bonds. The molecule has 13 heteroatoms. The van der Waals surface area contributed by atoms with Gasteiger partial charge in [0.05, 0.1) is 19.8 Å². The molecule has 2 aromatic heterocycles. The van der Waals surface area contributed by atoms with Gasteiger partial charge in [0, 0.05) is 12.1 Å². The normalized spacial score (nSPS) is 22.5. The van der Waals surface area contributed by atoms with Gasteiger partial charge in [-0.25, -0.2) is 19.9 Å². The van der Waals surface area contributed by atoms with Crippen LogP contribution in [0.1, 0.15) is 27.7 Å². The summed E-state index contributed by atoms with van der Waals surface area (Å²) in [4.78, 5) is 14.9. The summed E-state index contributed by atoms with van der Waals surface area (Å²) in [7, 11) is 0. The topological polar surface area (TPSA) is 170 Å². The molecule has 5 N–H and O–H groups in total. The third-order valence-corrected chi connectivity index (χ3v) is 4.28. The Bertz CT molecular complexity index is 857. The third-order valence-electron chi connectivity index (χ3n) is 4.07. The summed E-state index contributed by atoms with van der Waals surface area (Å²) in [5, 5.41) is 8.97. The Hall–Kier alpha value is -2.35. The number of hydrogen-bond acceptors (Lipinski definition) is 12. The number of aliphatic hydroxyl groups is 1. The van der Waals surface area contributed by atoms with Crippen molar-refractivity contribution in [3.63, 3.8) is 0 Å². The zero-order valence-electron chi connectivity index (χ0n) is 19.1. The minimum atomic E-state index is -0.529. The van der Waals surface area contributed by atoms with Gasteiger partial charge in [0.1, 0.15) is 48.3 Å². The van der Waals surface area contributed by atoms with Crippen molar-refractivity contribution >= 4 is 23.2 Å². The summed E-state index contributed by atoms with van der Waals surface area (Å²) in [5.41, 5.74) is 10.7. The summed E-state index contributed by atoms with van der Waals surface area (Å²) < 4.78 is 26.8. The maximum absolute atomic E-state index is 8.59. The molecule has 0 aliphatic carbocycles. The second-order valence-corrected chi connectivity index (χ2v) is 8.33. The first kappa shape index (κ1) is 26.9. The number of anilines is 2. The number of ether oxygens (including phenoxy) is 5. The zero-order chi connectivity index (χ0) is 24.5. The van der Waals surface area contributed by atoms with E-state index in [1.165, 1.54) is 18.7 Å². The van der Waals surface area contributed by atoms with Crippen molar-refractivity contribution in [2.75, 3.05) is 37.9 Å². The number of hydrogen-bond donors (Lipinski definition) is 3. The number of nitrogens with two attached hydrogens (primary N) is 2. The van der Waals surface area contributed by atoms with Crippen LogP contribution in [0.4, 0.5) is 11.6 Å². The van der Waals surface area contributed by atoms with Gasteiger partial charge in [0.2, 0.25) is 5.88 Å². The van der Waals surface area contributed by atoms with Crippen LogP contribution in [0.5, 0.6) is 5.88 Å². The number of rotatable bonds is 4. The Kier molecular flexibility index (Phi) is 9.95. The van der Waals surface area contributed by atoms with Crippen LogP contribution >= 0.6 is 11.6 Å². The Morgan fingerprint density at radius 1 is 0.939 bits per heavy atom. The molecule has 4 rings (SSSR count). The van der Waals surface area contributed by atoms with E-state index in [4.69, 9.17) is 51.9 Å². The molecule has 2 fully saturated rings. The van der Waals surface area contributed by atoms with Crippen LogP contribution < -0.4 is 16.2 Å². The second kappa shape index (κ2) is 12.2. The van der Waals surface area contributed by atoms with Crippen LogP contribution in [-0.2, 0) is 18.9 Å². The molecule has 4 heterocycles. The molecule has 0 aromatic carbocycles. The molecule has 33 heavy (non-hydrogen) atoms. The predicted octanol–water partition coefficient (Wildman–Crippen LogP) is 1.43. The number of nitrogens with zero attached hydrogens (tertiary/aromatic N) is 4. The Morgan fingerprint density at radius 3 is 1.88 bits per heavy atom. The molecule has 0 bridgehead atoms. The molecule has 2 atom stereocenters. The Morgan fingerprint density at radius 2 is 1.48 bits per heavy atom. The first-order chi connectivity index (χ1) is 15.5. The van der Waals surface area contributed by atoms with Gasteiger partial charge in [-0.3, -0.25) is 0 Å². The molecule has 184 valence electrons. The SMILES string of the molecule is CC1(C)OC[C@H](CO)O1.CC1(C)OC[C@H](COc2cc(N)ncn2)O1.Nc1cc(Cl)ncn1. The van der Waals surface area contributed by atoms with Gasteiger partial charge >= 0.3 is 0 Å². The quantitative estimate of drug-likeness (QED) is 0.532. The summed E-state index contributed by atoms with van der Waals surface area (Å²) in [6, 6.07) is 3.06. The highest BCUT2D eigenvalue weighted by Gasteiger charge is 2.33. The molecule has 2 aromatic rings. The molecule has 12 nitrogen and oxygen atoms in total. The lowest BCUT2D eigenvalue weighted by atomic mass is 10.4. The van der Waals surface area contributed by atoms with E-state index in [0.29, 0.717) is 42.5 Å². The summed E-state index contributed by atoms with van der Waals surface area (Å²) >= 11 is 5.41. The van der Waals surface area contributed by atoms with Gasteiger partial charge in [-0.1, -0.05) is 11.6 Å². The van der Waals surface area contributed by atoms with E-state index in [1.807, 2.05) is 27.7 Å². The monoisotopic (exact) mass is 486 g/mol. The van der Waals surface area contributed by atoms with Crippen molar-refractivity contribution in [3.05, 3.63) is 29.9 Å². The van der Waals surface area contributed by atoms with Crippen LogP contribution in [0.25, 0.3) is 0 Å². The number of aromatic nitrogens is 4. The van der Waals surface area contributed by atoms with E-state index in [1.54, 1.807) is 6.07 Å². The minimum absolute atomic E-state index is 0.0451. The van der Waals surface area contributed by atoms with Crippen LogP contribution in [0.2, 0.25) is 5.15 Å². The number of aliphatic hydroxyl groups excluding tert-OH is 1. The minimum Gasteiger partial charge on any atom is -0.475 e. The molecule has 0 unspecified atom stereocenters. The standard InChI is InChI=1S/C10H15N3O3.C6H12O3.C4H4ClN3/c1-10(2)15-5-7(16-10)4-14-9-3-8(11)12-6-13-9;1-6(2)8-4-5(3-7)9-6;5-3-1-4(6)8-2-7-3/h3,6-7H,4-5H2,1-2H3,(H2,11,12,13);5,7H,3-4H2,1-2H3;1-2H,(H2,6,7,8)/t7-;5-;/m00./s1. The second-order valence-electron chi connectivity index (χ2n) is 7.94. The molecule has 0 saturated carbocycles. The fourth-order valence-corrected chi connectivity index (χ4v) is 2.81. The van der Waals surface area contributed by atoms with E-state index >= 15 is 0 Å². The summed E-state index contributed by atoms with van der Waals surface area (Å²) in [6.45, 7) is 8.87. The lowest BCUT2D eigenvalue weighted by Gasteiger charge is -2.17. The molecular formula is C20H31ClN6O6. The Balaban J connectivity index is 0.000000192. The molecule has 2 aliphatic rings. The van der Waals surface area contributed by atoms with Crippen molar-refractivity contribution in [1.29, 1.82) is 0 Å². The van der Waals surface area contributed by atoms with Gasteiger partial charge in [-0.05, 0) is 27.7 Å². The van der Waals surface area contributed by atoms with Crippen molar-refractivity contribution < 1.29 is 28.8 Å². The van der Waals surface area contributed by atoms with Crippen LogP contribution in [-0.4, -0.2) is 75.3 Å². The summed E-state index contributed by atoms with van der Waals surface area (Å²) in [6.07, 6.45) is 2.48. The Labute approximate surface area is 197 Å². The highest BCUT2D eigenvalue weighted by Crippen LogP contribution is 2.23. The van der Waals surface area contributed by atoms with Gasteiger partial charge in [-0.15, -0.1) is 0 Å². The lowest BCUT2D eigenvalue weighted by Crippen LogP contribution is -2.25. The maximum atomic E-state index is 8.59. The summed E-state index contributed by atoms with van der Waals surface area (Å²) in [5.74, 6) is 0.200. The van der Waals surface area contributed by atoms with Crippen LogP contribution in [0.15, 0.2) is 24.8 Å². The zero-order valence-corrected chi connectivity index (χ0v) is 19.9. The number of nitrogen functional groups attached to an aromatic ring is 2. The van der Waals surface area contributed by atoms with Crippen molar-refractivity contribution in [2.24, 2.45) is 0 Å². The smallest absolute Gasteiger partial charge is 0.218 e. The van der Waals surface area contributed by atoms with Crippen LogP contribution in [0.3, 0.4) is 0 Å². The van der Waals surface area contributed by atoms with E-state index in [9.17, 15) is 0 Å². The van der Waals surface area contributed by atoms with E-state index in [-0.39, 0.29) is 18.8 Å². The third kappa shape index (κ3) is 10.4. The fourth-order valence-electron chi connectivity index (χ4n) is 2.66. The number of halogens is 1. The molecular weight excluding hydrogens is 456 g/mol. The first-order valence-corrected chi connectivity index (χ1v) is 10.5. The van der Waals surface area contributed by atoms with Crippen molar-refractivity contribution in [3.8, 4) is 5.88 Å². The van der Waals surface area contributed by atoms with Crippen molar-refractivity contribution in [2.45, 2.75) is 51.5 Å². The molecule has 2 aliphatic heterocycles.